The van der Waals surface area contributed by atoms with Crippen LogP contribution in [0, 0.1) is 0 Å². The van der Waals surface area contributed by atoms with E-state index in [0.29, 0.717) is 0 Å². The lowest BCUT2D eigenvalue weighted by Crippen LogP contribution is -2.34. The first-order valence-corrected chi connectivity index (χ1v) is 4.93. The van der Waals surface area contributed by atoms with Crippen LogP contribution < -0.4 is 5.32 Å². The van der Waals surface area contributed by atoms with Crippen LogP contribution in [0.25, 0.3) is 0 Å². The molecule has 14 heavy (non-hydrogen) atoms. The predicted molar refractivity (Wildman–Crippen MR) is 52.8 cm³/mol. The Morgan fingerprint density at radius 2 is 1.93 bits per heavy atom. The van der Waals surface area contributed by atoms with Gasteiger partial charge >= 0.3 is 0 Å². The molecule has 4 heteroatoms. The molecule has 0 atom stereocenters. The molecule has 0 aliphatic heterocycles. The Morgan fingerprint density at radius 3 is 2.43 bits per heavy atom. The highest BCUT2D eigenvalue weighted by atomic mass is 16.3. The molecule has 0 aromatic rings. The van der Waals surface area contributed by atoms with Crippen molar-refractivity contribution in [3.05, 3.63) is 12.0 Å². The molecule has 3 N–H and O–H groups in total. The van der Waals surface area contributed by atoms with Crippen molar-refractivity contribution < 1.29 is 15.0 Å². The molecule has 1 saturated carbocycles. The molecule has 0 aromatic carbocycles. The molecule has 80 valence electrons. The fourth-order valence-corrected chi connectivity index (χ4v) is 1.66. The molecule has 0 radical (unpaired) electrons. The van der Waals surface area contributed by atoms with Gasteiger partial charge in [0.05, 0.1) is 6.10 Å². The number of aliphatic hydroxyl groups is 2. The summed E-state index contributed by atoms with van der Waals surface area (Å²) in [4.78, 5) is 10.6. The molecule has 0 aromatic heterocycles. The first-order chi connectivity index (χ1) is 6.58. The highest BCUT2D eigenvalue weighted by molar-refractivity contribution is 5.87. The van der Waals surface area contributed by atoms with E-state index in [1.54, 1.807) is 0 Å². The fourth-order valence-electron chi connectivity index (χ4n) is 1.66. The molecule has 0 unspecified atom stereocenters. The number of ketones is 1. The van der Waals surface area contributed by atoms with Gasteiger partial charge < -0.3 is 15.5 Å². The average Bonchev–Trinajstić information content (AvgIpc) is 2.07. The number of allylic oxidation sites excluding steroid dienone is 1. The summed E-state index contributed by atoms with van der Waals surface area (Å²) in [6, 6.07) is 0.175. The number of aliphatic hydroxyl groups excluding tert-OH is 2. The average molecular weight is 199 g/mol. The van der Waals surface area contributed by atoms with Gasteiger partial charge in [-0.1, -0.05) is 0 Å². The second-order valence-corrected chi connectivity index (χ2v) is 3.79. The van der Waals surface area contributed by atoms with Gasteiger partial charge in [0.1, 0.15) is 0 Å². The normalized spacial score (nSPS) is 28.6. The summed E-state index contributed by atoms with van der Waals surface area (Å²) in [5.74, 6) is -0.246. The fraction of sp³-hybridized carbons (Fsp3) is 0.700. The van der Waals surface area contributed by atoms with Gasteiger partial charge in [0.25, 0.3) is 0 Å². The van der Waals surface area contributed by atoms with Crippen LogP contribution in [0.1, 0.15) is 32.6 Å². The van der Waals surface area contributed by atoms with Crippen LogP contribution in [0.15, 0.2) is 12.0 Å². The molecule has 0 heterocycles. The van der Waals surface area contributed by atoms with E-state index in [0.717, 1.165) is 25.7 Å². The maximum atomic E-state index is 10.6. The molecule has 4 nitrogen and oxygen atoms in total. The lowest BCUT2D eigenvalue weighted by atomic mass is 9.93. The molecule has 1 fully saturated rings. The van der Waals surface area contributed by atoms with E-state index in [4.69, 9.17) is 0 Å². The maximum Gasteiger partial charge on any atom is 0.187 e. The standard InChI is InChI=1S/C10H17NO3/c1-7(12)6-10(14)11-8-2-4-9(13)5-3-8/h6,8-9,11,13-14H,2-5H2,1H3/b10-6-. The second kappa shape index (κ2) is 5.00. The Hall–Kier alpha value is -1.03. The Kier molecular flexibility index (Phi) is 3.95. The summed E-state index contributed by atoms with van der Waals surface area (Å²) in [6.07, 6.45) is 4.14. The smallest absolute Gasteiger partial charge is 0.187 e. The Labute approximate surface area is 83.6 Å². The van der Waals surface area contributed by atoms with Crippen molar-refractivity contribution >= 4 is 5.78 Å². The third-order valence-corrected chi connectivity index (χ3v) is 2.39. The minimum absolute atomic E-state index is 0.0705. The van der Waals surface area contributed by atoms with E-state index in [1.165, 1.54) is 13.0 Å². The highest BCUT2D eigenvalue weighted by Gasteiger charge is 2.19. The third-order valence-electron chi connectivity index (χ3n) is 2.39. The van der Waals surface area contributed by atoms with Gasteiger partial charge in [-0.3, -0.25) is 4.79 Å². The van der Waals surface area contributed by atoms with Crippen molar-refractivity contribution in [3.8, 4) is 0 Å². The van der Waals surface area contributed by atoms with Crippen LogP contribution >= 0.6 is 0 Å². The summed E-state index contributed by atoms with van der Waals surface area (Å²) in [7, 11) is 0. The van der Waals surface area contributed by atoms with Gasteiger partial charge in [0.15, 0.2) is 11.7 Å². The minimum atomic E-state index is -0.202. The summed E-state index contributed by atoms with van der Waals surface area (Å²) in [5.41, 5.74) is 0. The molecule has 0 bridgehead atoms. The molecular formula is C10H17NO3. The second-order valence-electron chi connectivity index (χ2n) is 3.79. The minimum Gasteiger partial charge on any atom is -0.495 e. The predicted octanol–water partition coefficient (Wildman–Crippen LogP) is 0.868. The molecule has 1 aliphatic rings. The molecule has 0 amide bonds. The van der Waals surface area contributed by atoms with E-state index < -0.39 is 0 Å². The summed E-state index contributed by atoms with van der Waals surface area (Å²) in [5, 5.41) is 21.4. The van der Waals surface area contributed by atoms with E-state index in [-0.39, 0.29) is 23.8 Å². The Bertz CT molecular complexity index is 230. The zero-order valence-corrected chi connectivity index (χ0v) is 8.36. The number of nitrogens with one attached hydrogen (secondary N) is 1. The van der Waals surface area contributed by atoms with Crippen molar-refractivity contribution in [1.29, 1.82) is 0 Å². The Balaban J connectivity index is 2.34. The van der Waals surface area contributed by atoms with Gasteiger partial charge in [-0.05, 0) is 32.6 Å². The molecule has 1 rings (SSSR count). The lowest BCUT2D eigenvalue weighted by molar-refractivity contribution is -0.112. The van der Waals surface area contributed by atoms with Crippen LogP contribution in [0.2, 0.25) is 0 Å². The zero-order valence-electron chi connectivity index (χ0n) is 8.36. The number of carbonyl (C=O) groups excluding carboxylic acids is 1. The van der Waals surface area contributed by atoms with E-state index in [9.17, 15) is 15.0 Å². The van der Waals surface area contributed by atoms with Crippen LogP contribution in [-0.2, 0) is 4.79 Å². The van der Waals surface area contributed by atoms with Crippen molar-refractivity contribution in [1.82, 2.24) is 5.32 Å². The molecule has 0 saturated heterocycles. The third kappa shape index (κ3) is 3.79. The number of rotatable bonds is 3. The number of carbonyl (C=O) groups is 1. The van der Waals surface area contributed by atoms with Crippen LogP contribution in [-0.4, -0.2) is 28.1 Å². The van der Waals surface area contributed by atoms with E-state index in [1.807, 2.05) is 0 Å². The van der Waals surface area contributed by atoms with Gasteiger partial charge in [0, 0.05) is 12.1 Å². The summed E-state index contributed by atoms with van der Waals surface area (Å²) >= 11 is 0. The van der Waals surface area contributed by atoms with Crippen molar-refractivity contribution in [2.75, 3.05) is 0 Å². The van der Waals surface area contributed by atoms with Gasteiger partial charge in [-0.25, -0.2) is 0 Å². The maximum absolute atomic E-state index is 10.6. The summed E-state index contributed by atoms with van der Waals surface area (Å²) in [6.45, 7) is 1.39. The van der Waals surface area contributed by atoms with Gasteiger partial charge in [-0.15, -0.1) is 0 Å². The number of hydrogen-bond acceptors (Lipinski definition) is 4. The zero-order chi connectivity index (χ0) is 10.6. The van der Waals surface area contributed by atoms with Crippen molar-refractivity contribution in [2.24, 2.45) is 0 Å². The first-order valence-electron chi connectivity index (χ1n) is 4.93. The molecular weight excluding hydrogens is 182 g/mol. The molecule has 1 aliphatic carbocycles. The van der Waals surface area contributed by atoms with Gasteiger partial charge in [-0.2, -0.15) is 0 Å². The SMILES string of the molecule is CC(=O)/C=C(\O)NC1CCC(O)CC1. The van der Waals surface area contributed by atoms with Crippen LogP contribution in [0.4, 0.5) is 0 Å². The van der Waals surface area contributed by atoms with E-state index in [2.05, 4.69) is 5.32 Å². The molecule has 0 spiro atoms. The van der Waals surface area contributed by atoms with Gasteiger partial charge in [0.2, 0.25) is 0 Å². The van der Waals surface area contributed by atoms with E-state index >= 15 is 0 Å². The topological polar surface area (TPSA) is 69.6 Å². The van der Waals surface area contributed by atoms with Crippen molar-refractivity contribution in [2.45, 2.75) is 44.8 Å². The Morgan fingerprint density at radius 1 is 1.36 bits per heavy atom. The first kappa shape index (κ1) is 11.0. The van der Waals surface area contributed by atoms with Crippen LogP contribution in [0.3, 0.4) is 0 Å². The highest BCUT2D eigenvalue weighted by Crippen LogP contribution is 2.18. The number of hydrogen-bond donors (Lipinski definition) is 3. The monoisotopic (exact) mass is 199 g/mol. The summed E-state index contributed by atoms with van der Waals surface area (Å²) < 4.78 is 0. The largest absolute Gasteiger partial charge is 0.495 e. The van der Waals surface area contributed by atoms with Crippen LogP contribution in [0.5, 0.6) is 0 Å². The van der Waals surface area contributed by atoms with Crippen molar-refractivity contribution in [3.63, 3.8) is 0 Å². The quantitative estimate of drug-likeness (QED) is 0.466. The lowest BCUT2D eigenvalue weighted by Gasteiger charge is -2.26.